The second-order valence-corrected chi connectivity index (χ2v) is 4.22. The van der Waals surface area contributed by atoms with Crippen molar-refractivity contribution in [2.45, 2.75) is 0 Å². The summed E-state index contributed by atoms with van der Waals surface area (Å²) in [6, 6.07) is 0. The Balaban J connectivity index is 2.10. The number of rotatable bonds is 3. The Morgan fingerprint density at radius 2 is 1.44 bits per heavy atom. The van der Waals surface area contributed by atoms with Gasteiger partial charge in [0.25, 0.3) is 0 Å². The molecule has 2 saturated heterocycles. The van der Waals surface area contributed by atoms with Crippen LogP contribution in [0.25, 0.3) is 0 Å². The molecule has 2 fully saturated rings. The van der Waals surface area contributed by atoms with Gasteiger partial charge in [-0.2, -0.15) is 0 Å². The van der Waals surface area contributed by atoms with Crippen LogP contribution in [-0.4, -0.2) is 75.5 Å². The van der Waals surface area contributed by atoms with E-state index in [1.807, 2.05) is 0 Å². The highest BCUT2D eigenvalue weighted by molar-refractivity contribution is 5.82. The SMILES string of the molecule is COC(=O)C=C(N1CCOCC1)N1CCOCC1. The van der Waals surface area contributed by atoms with Gasteiger partial charge in [-0.3, -0.25) is 0 Å². The molecule has 0 aromatic rings. The van der Waals surface area contributed by atoms with Gasteiger partial charge < -0.3 is 24.0 Å². The van der Waals surface area contributed by atoms with Gasteiger partial charge in [-0.1, -0.05) is 0 Å². The van der Waals surface area contributed by atoms with Gasteiger partial charge >= 0.3 is 5.97 Å². The molecular weight excluding hydrogens is 236 g/mol. The molecule has 18 heavy (non-hydrogen) atoms. The normalized spacial score (nSPS) is 20.5. The Labute approximate surface area is 107 Å². The first-order valence-electron chi connectivity index (χ1n) is 6.26. The molecule has 0 spiro atoms. The Morgan fingerprint density at radius 3 is 1.83 bits per heavy atom. The van der Waals surface area contributed by atoms with Crippen molar-refractivity contribution in [3.05, 3.63) is 11.9 Å². The van der Waals surface area contributed by atoms with Gasteiger partial charge in [0, 0.05) is 26.2 Å². The van der Waals surface area contributed by atoms with E-state index in [0.717, 1.165) is 32.0 Å². The van der Waals surface area contributed by atoms with Crippen LogP contribution in [0.4, 0.5) is 0 Å². The maximum Gasteiger partial charge on any atom is 0.334 e. The average molecular weight is 256 g/mol. The van der Waals surface area contributed by atoms with Crippen LogP contribution in [0.15, 0.2) is 11.9 Å². The van der Waals surface area contributed by atoms with E-state index in [0.29, 0.717) is 26.4 Å². The quantitative estimate of drug-likeness (QED) is 0.509. The van der Waals surface area contributed by atoms with Crippen molar-refractivity contribution in [3.8, 4) is 0 Å². The zero-order valence-electron chi connectivity index (χ0n) is 10.8. The van der Waals surface area contributed by atoms with E-state index in [-0.39, 0.29) is 5.97 Å². The van der Waals surface area contributed by atoms with E-state index in [1.54, 1.807) is 6.08 Å². The second-order valence-electron chi connectivity index (χ2n) is 4.22. The van der Waals surface area contributed by atoms with Crippen LogP contribution >= 0.6 is 0 Å². The lowest BCUT2D eigenvalue weighted by Gasteiger charge is -2.39. The molecule has 2 heterocycles. The molecule has 2 aliphatic heterocycles. The van der Waals surface area contributed by atoms with Crippen LogP contribution in [0.3, 0.4) is 0 Å². The predicted molar refractivity (Wildman–Crippen MR) is 64.9 cm³/mol. The van der Waals surface area contributed by atoms with Gasteiger partial charge in [0.05, 0.1) is 39.6 Å². The van der Waals surface area contributed by atoms with Crippen LogP contribution in [0.5, 0.6) is 0 Å². The molecule has 2 aliphatic rings. The first kappa shape index (κ1) is 13.2. The Kier molecular flexibility index (Phi) is 4.83. The van der Waals surface area contributed by atoms with Crippen LogP contribution < -0.4 is 0 Å². The van der Waals surface area contributed by atoms with Gasteiger partial charge in [-0.25, -0.2) is 4.79 Å². The van der Waals surface area contributed by atoms with E-state index in [1.165, 1.54) is 7.11 Å². The lowest BCUT2D eigenvalue weighted by atomic mass is 10.3. The third-order valence-electron chi connectivity index (χ3n) is 3.12. The third-order valence-corrected chi connectivity index (χ3v) is 3.12. The zero-order valence-corrected chi connectivity index (χ0v) is 10.8. The highest BCUT2D eigenvalue weighted by atomic mass is 16.5. The van der Waals surface area contributed by atoms with E-state index in [4.69, 9.17) is 14.2 Å². The van der Waals surface area contributed by atoms with Gasteiger partial charge in [-0.05, 0) is 0 Å². The molecule has 0 bridgehead atoms. The minimum absolute atomic E-state index is 0.317. The van der Waals surface area contributed by atoms with Crippen molar-refractivity contribution in [1.82, 2.24) is 9.80 Å². The van der Waals surface area contributed by atoms with Gasteiger partial charge in [0.15, 0.2) is 0 Å². The minimum atomic E-state index is -0.317. The van der Waals surface area contributed by atoms with Crippen molar-refractivity contribution >= 4 is 5.97 Å². The number of carbonyl (C=O) groups excluding carboxylic acids is 1. The molecule has 0 aromatic carbocycles. The van der Waals surface area contributed by atoms with E-state index < -0.39 is 0 Å². The number of carbonyl (C=O) groups is 1. The van der Waals surface area contributed by atoms with E-state index in [2.05, 4.69) is 9.80 Å². The zero-order chi connectivity index (χ0) is 12.8. The van der Waals surface area contributed by atoms with Crippen LogP contribution in [-0.2, 0) is 19.0 Å². The maximum atomic E-state index is 11.5. The molecule has 0 saturated carbocycles. The highest BCUT2D eigenvalue weighted by Crippen LogP contribution is 2.15. The van der Waals surface area contributed by atoms with E-state index >= 15 is 0 Å². The number of morpholine rings is 2. The Hall–Kier alpha value is -1.27. The molecule has 0 unspecified atom stereocenters. The summed E-state index contributed by atoms with van der Waals surface area (Å²) >= 11 is 0. The van der Waals surface area contributed by atoms with Crippen LogP contribution in [0.1, 0.15) is 0 Å². The number of methoxy groups -OCH3 is 1. The summed E-state index contributed by atoms with van der Waals surface area (Å²) in [6.45, 7) is 6.01. The fourth-order valence-electron chi connectivity index (χ4n) is 2.13. The predicted octanol–water partition coefficient (Wildman–Crippen LogP) is -0.335. The molecule has 6 heteroatoms. The van der Waals surface area contributed by atoms with Crippen LogP contribution in [0.2, 0.25) is 0 Å². The third kappa shape index (κ3) is 3.36. The molecule has 0 radical (unpaired) electrons. The molecule has 0 N–H and O–H groups in total. The summed E-state index contributed by atoms with van der Waals surface area (Å²) in [7, 11) is 1.40. The lowest BCUT2D eigenvalue weighted by molar-refractivity contribution is -0.135. The molecule has 0 aromatic heterocycles. The summed E-state index contributed by atoms with van der Waals surface area (Å²) in [5.41, 5.74) is 0. The topological polar surface area (TPSA) is 51.2 Å². The fourth-order valence-corrected chi connectivity index (χ4v) is 2.13. The average Bonchev–Trinajstić information content (AvgIpc) is 2.46. The summed E-state index contributed by atoms with van der Waals surface area (Å²) in [4.78, 5) is 15.8. The number of ether oxygens (including phenoxy) is 3. The number of hydrogen-bond donors (Lipinski definition) is 0. The van der Waals surface area contributed by atoms with Crippen LogP contribution in [0, 0.1) is 0 Å². The number of esters is 1. The van der Waals surface area contributed by atoms with Gasteiger partial charge in [0.1, 0.15) is 5.82 Å². The highest BCUT2D eigenvalue weighted by Gasteiger charge is 2.22. The molecule has 0 amide bonds. The Morgan fingerprint density at radius 1 is 1.00 bits per heavy atom. The number of hydrogen-bond acceptors (Lipinski definition) is 6. The fraction of sp³-hybridized carbons (Fsp3) is 0.750. The summed E-state index contributed by atoms with van der Waals surface area (Å²) < 4.78 is 15.4. The molecule has 0 atom stereocenters. The number of nitrogens with zero attached hydrogens (tertiary/aromatic N) is 2. The monoisotopic (exact) mass is 256 g/mol. The van der Waals surface area contributed by atoms with Gasteiger partial charge in [-0.15, -0.1) is 0 Å². The largest absolute Gasteiger partial charge is 0.466 e. The lowest BCUT2D eigenvalue weighted by Crippen LogP contribution is -2.46. The summed E-state index contributed by atoms with van der Waals surface area (Å²) in [6.07, 6.45) is 1.57. The van der Waals surface area contributed by atoms with Crippen molar-refractivity contribution in [3.63, 3.8) is 0 Å². The maximum absolute atomic E-state index is 11.5. The summed E-state index contributed by atoms with van der Waals surface area (Å²) in [5, 5.41) is 0. The van der Waals surface area contributed by atoms with Crippen molar-refractivity contribution < 1.29 is 19.0 Å². The second kappa shape index (κ2) is 6.61. The molecule has 2 rings (SSSR count). The van der Waals surface area contributed by atoms with Crippen molar-refractivity contribution in [2.75, 3.05) is 59.7 Å². The van der Waals surface area contributed by atoms with Crippen molar-refractivity contribution in [1.29, 1.82) is 0 Å². The van der Waals surface area contributed by atoms with Crippen molar-refractivity contribution in [2.24, 2.45) is 0 Å². The van der Waals surface area contributed by atoms with E-state index in [9.17, 15) is 4.79 Å². The minimum Gasteiger partial charge on any atom is -0.466 e. The molecule has 0 aliphatic carbocycles. The first-order chi connectivity index (χ1) is 8.81. The molecule has 102 valence electrons. The first-order valence-corrected chi connectivity index (χ1v) is 6.26. The standard InChI is InChI=1S/C12H20N2O4/c1-16-12(15)10-11(13-2-6-17-7-3-13)14-4-8-18-9-5-14/h10H,2-9H2,1H3. The summed E-state index contributed by atoms with van der Waals surface area (Å²) in [5.74, 6) is 0.608. The molecule has 6 nitrogen and oxygen atoms in total. The smallest absolute Gasteiger partial charge is 0.334 e. The van der Waals surface area contributed by atoms with Gasteiger partial charge in [0.2, 0.25) is 0 Å². The Bertz CT molecular complexity index is 287. The molecular formula is C12H20N2O4.